The van der Waals surface area contributed by atoms with Crippen LogP contribution in [0.1, 0.15) is 55.7 Å². The van der Waals surface area contributed by atoms with Crippen LogP contribution in [0.2, 0.25) is 0 Å². The van der Waals surface area contributed by atoms with Crippen LogP contribution in [0.3, 0.4) is 0 Å². The molecule has 4 heteroatoms. The van der Waals surface area contributed by atoms with Crippen LogP contribution in [0.4, 0.5) is 0 Å². The topological polar surface area (TPSA) is 45.6 Å². The van der Waals surface area contributed by atoms with Gasteiger partial charge in [-0.05, 0) is 42.7 Å². The number of pyridine rings is 1. The third-order valence-corrected chi connectivity index (χ3v) is 6.06. The Hall–Kier alpha value is -2.23. The number of benzene rings is 1. The summed E-state index contributed by atoms with van der Waals surface area (Å²) in [4.78, 5) is 23.8. The number of carbonyl (C=O) groups excluding carboxylic acids is 1. The second kappa shape index (κ2) is 6.19. The van der Waals surface area contributed by atoms with Crippen molar-refractivity contribution in [3.05, 3.63) is 41.6 Å². The highest BCUT2D eigenvalue weighted by atomic mass is 16.2. The van der Waals surface area contributed by atoms with Gasteiger partial charge in [-0.3, -0.25) is 14.8 Å². The van der Waals surface area contributed by atoms with Gasteiger partial charge in [-0.1, -0.05) is 25.1 Å². The predicted molar refractivity (Wildman–Crippen MR) is 103 cm³/mol. The standard InChI is InChI=1S/C22H25N3O/c1-14-9-16(13-25(12-14)21(26)10-15-4-5-15)17-6-7-19(20-11-24-20)22-18(17)3-2-8-23-22/h2-3,6-8,11,14-16,20H,4-5,9-10,12-13H2,1H3. The maximum absolute atomic E-state index is 12.7. The number of carbonyl (C=O) groups is 1. The van der Waals surface area contributed by atoms with Gasteiger partial charge < -0.3 is 4.90 Å². The Morgan fingerprint density at radius 1 is 1.19 bits per heavy atom. The minimum Gasteiger partial charge on any atom is -0.342 e. The number of aromatic nitrogens is 1. The van der Waals surface area contributed by atoms with Crippen molar-refractivity contribution in [2.45, 2.75) is 44.6 Å². The number of aliphatic imine (C=N–C) groups is 1. The molecule has 0 bridgehead atoms. The molecule has 1 aliphatic carbocycles. The molecule has 3 aliphatic rings. The molecule has 0 spiro atoms. The third kappa shape index (κ3) is 3.02. The van der Waals surface area contributed by atoms with Crippen LogP contribution in [0.5, 0.6) is 0 Å². The molecular formula is C22H25N3O. The van der Waals surface area contributed by atoms with E-state index < -0.39 is 0 Å². The molecule has 1 aromatic carbocycles. The smallest absolute Gasteiger partial charge is 0.222 e. The van der Waals surface area contributed by atoms with Gasteiger partial charge in [0.15, 0.2) is 0 Å². The Morgan fingerprint density at radius 3 is 2.77 bits per heavy atom. The van der Waals surface area contributed by atoms with Crippen LogP contribution in [-0.4, -0.2) is 35.1 Å². The molecule has 0 radical (unpaired) electrons. The Morgan fingerprint density at radius 2 is 2.00 bits per heavy atom. The number of hydrogen-bond donors (Lipinski definition) is 0. The fraction of sp³-hybridized carbons (Fsp3) is 0.500. The lowest BCUT2D eigenvalue weighted by Crippen LogP contribution is -2.42. The molecule has 2 fully saturated rings. The Kier molecular flexibility index (Phi) is 3.80. The van der Waals surface area contributed by atoms with Crippen LogP contribution in [0.25, 0.3) is 10.9 Å². The van der Waals surface area contributed by atoms with Gasteiger partial charge in [0.2, 0.25) is 5.91 Å². The minimum atomic E-state index is 0.211. The van der Waals surface area contributed by atoms with Gasteiger partial charge in [0.25, 0.3) is 0 Å². The highest BCUT2D eigenvalue weighted by Gasteiger charge is 2.33. The van der Waals surface area contributed by atoms with E-state index in [-0.39, 0.29) is 6.04 Å². The molecule has 26 heavy (non-hydrogen) atoms. The molecule has 1 saturated heterocycles. The number of nitrogens with zero attached hydrogens (tertiary/aromatic N) is 3. The summed E-state index contributed by atoms with van der Waals surface area (Å²) < 4.78 is 0. The van der Waals surface area contributed by atoms with Crippen LogP contribution in [0, 0.1) is 11.8 Å². The Labute approximate surface area is 154 Å². The number of amides is 1. The van der Waals surface area contributed by atoms with E-state index in [2.05, 4.69) is 40.0 Å². The summed E-state index contributed by atoms with van der Waals surface area (Å²) in [7, 11) is 0. The van der Waals surface area contributed by atoms with Crippen molar-refractivity contribution in [3.8, 4) is 0 Å². The van der Waals surface area contributed by atoms with Crippen LogP contribution < -0.4 is 0 Å². The van der Waals surface area contributed by atoms with Crippen LogP contribution >= 0.6 is 0 Å². The number of likely N-dealkylation sites (tertiary alicyclic amines) is 1. The largest absolute Gasteiger partial charge is 0.342 e. The van der Waals surface area contributed by atoms with Crippen molar-refractivity contribution in [1.82, 2.24) is 9.88 Å². The molecule has 1 saturated carbocycles. The van der Waals surface area contributed by atoms with Crippen LogP contribution in [0.15, 0.2) is 35.5 Å². The van der Waals surface area contributed by atoms with Gasteiger partial charge in [0, 0.05) is 48.8 Å². The second-order valence-corrected chi connectivity index (χ2v) is 8.37. The number of fused-ring (bicyclic) bond motifs is 1. The average Bonchev–Trinajstić information content (AvgIpc) is 3.54. The van der Waals surface area contributed by atoms with E-state index in [4.69, 9.17) is 0 Å². The van der Waals surface area contributed by atoms with Crippen LogP contribution in [-0.2, 0) is 4.79 Å². The van der Waals surface area contributed by atoms with Gasteiger partial charge in [0.1, 0.15) is 6.04 Å². The molecule has 134 valence electrons. The molecule has 4 nitrogen and oxygen atoms in total. The van der Waals surface area contributed by atoms with Crippen molar-refractivity contribution in [1.29, 1.82) is 0 Å². The lowest BCUT2D eigenvalue weighted by molar-refractivity contribution is -0.133. The lowest BCUT2D eigenvalue weighted by Gasteiger charge is -2.37. The van der Waals surface area contributed by atoms with E-state index >= 15 is 0 Å². The third-order valence-electron chi connectivity index (χ3n) is 6.06. The second-order valence-electron chi connectivity index (χ2n) is 8.37. The maximum atomic E-state index is 12.7. The van der Waals surface area contributed by atoms with E-state index in [1.165, 1.54) is 29.4 Å². The first kappa shape index (κ1) is 16.0. The van der Waals surface area contributed by atoms with Crippen molar-refractivity contribution in [3.63, 3.8) is 0 Å². The average molecular weight is 347 g/mol. The molecule has 5 rings (SSSR count). The highest BCUT2D eigenvalue weighted by Crippen LogP contribution is 2.39. The Balaban J connectivity index is 1.46. The summed E-state index contributed by atoms with van der Waals surface area (Å²) in [6.07, 6.45) is 8.20. The van der Waals surface area contributed by atoms with E-state index in [0.717, 1.165) is 31.4 Å². The molecule has 3 unspecified atom stereocenters. The normalized spacial score (nSPS) is 27.7. The van der Waals surface area contributed by atoms with Crippen molar-refractivity contribution in [2.75, 3.05) is 13.1 Å². The van der Waals surface area contributed by atoms with Gasteiger partial charge in [-0.25, -0.2) is 0 Å². The van der Waals surface area contributed by atoms with Gasteiger partial charge in [-0.2, -0.15) is 0 Å². The SMILES string of the molecule is CC1CC(c2ccc(C3C=N3)c3ncccc23)CN(C(=O)CC2CC2)C1. The molecule has 2 aliphatic heterocycles. The van der Waals surface area contributed by atoms with E-state index in [1.807, 2.05) is 18.5 Å². The fourth-order valence-corrected chi connectivity index (χ4v) is 4.49. The monoisotopic (exact) mass is 347 g/mol. The Bertz CT molecular complexity index is 880. The highest BCUT2D eigenvalue weighted by molar-refractivity contribution is 5.92. The lowest BCUT2D eigenvalue weighted by atomic mass is 9.83. The quantitative estimate of drug-likeness (QED) is 0.835. The molecule has 1 amide bonds. The van der Waals surface area contributed by atoms with Crippen molar-refractivity contribution in [2.24, 2.45) is 16.8 Å². The molecule has 3 atom stereocenters. The molecular weight excluding hydrogens is 322 g/mol. The predicted octanol–water partition coefficient (Wildman–Crippen LogP) is 4.11. The summed E-state index contributed by atoms with van der Waals surface area (Å²) in [5.74, 6) is 1.94. The molecule has 2 aromatic rings. The number of rotatable bonds is 4. The maximum Gasteiger partial charge on any atom is 0.222 e. The fourth-order valence-electron chi connectivity index (χ4n) is 4.49. The molecule has 3 heterocycles. The van der Waals surface area contributed by atoms with Crippen molar-refractivity contribution < 1.29 is 4.79 Å². The molecule has 1 aromatic heterocycles. The van der Waals surface area contributed by atoms with Gasteiger partial charge >= 0.3 is 0 Å². The van der Waals surface area contributed by atoms with E-state index in [0.29, 0.717) is 23.7 Å². The first-order chi connectivity index (χ1) is 12.7. The zero-order valence-corrected chi connectivity index (χ0v) is 15.3. The van der Waals surface area contributed by atoms with Gasteiger partial charge in [-0.15, -0.1) is 0 Å². The number of piperidine rings is 1. The van der Waals surface area contributed by atoms with E-state index in [1.54, 1.807) is 0 Å². The summed E-state index contributed by atoms with van der Waals surface area (Å²) in [5, 5.41) is 1.23. The number of hydrogen-bond acceptors (Lipinski definition) is 3. The van der Waals surface area contributed by atoms with E-state index in [9.17, 15) is 4.79 Å². The minimum absolute atomic E-state index is 0.211. The zero-order valence-electron chi connectivity index (χ0n) is 15.3. The van der Waals surface area contributed by atoms with Crippen molar-refractivity contribution >= 4 is 23.0 Å². The molecule has 0 N–H and O–H groups in total. The summed E-state index contributed by atoms with van der Waals surface area (Å²) in [5.41, 5.74) is 3.62. The zero-order chi connectivity index (χ0) is 17.7. The first-order valence-corrected chi connectivity index (χ1v) is 9.87. The summed E-state index contributed by atoms with van der Waals surface area (Å²) >= 11 is 0. The summed E-state index contributed by atoms with van der Waals surface area (Å²) in [6, 6.07) is 8.86. The summed E-state index contributed by atoms with van der Waals surface area (Å²) in [6.45, 7) is 4.03. The first-order valence-electron chi connectivity index (χ1n) is 9.87. The van der Waals surface area contributed by atoms with Gasteiger partial charge in [0.05, 0.1) is 5.52 Å².